The number of hydrogen-bond acceptors (Lipinski definition) is 3. The van der Waals surface area contributed by atoms with E-state index in [0.29, 0.717) is 5.92 Å². The largest absolute Gasteiger partial charge is 0.370 e. The molecule has 1 aromatic heterocycles. The molecule has 1 heterocycles. The summed E-state index contributed by atoms with van der Waals surface area (Å²) in [6, 6.07) is 6.82. The highest BCUT2D eigenvalue weighted by atomic mass is 79.9. The Labute approximate surface area is 132 Å². The molecule has 1 aliphatic rings. The van der Waals surface area contributed by atoms with Crippen molar-refractivity contribution in [1.82, 2.24) is 9.97 Å². The van der Waals surface area contributed by atoms with Crippen molar-refractivity contribution in [3.8, 4) is 0 Å². The van der Waals surface area contributed by atoms with Gasteiger partial charge in [0.2, 0.25) is 0 Å². The first-order valence-corrected chi connectivity index (χ1v) is 7.94. The van der Waals surface area contributed by atoms with Gasteiger partial charge in [-0.15, -0.1) is 0 Å². The topological polar surface area (TPSA) is 37.8 Å². The van der Waals surface area contributed by atoms with Crippen molar-refractivity contribution in [3.63, 3.8) is 0 Å². The van der Waals surface area contributed by atoms with Gasteiger partial charge in [0.15, 0.2) is 0 Å². The molecule has 0 aliphatic heterocycles. The van der Waals surface area contributed by atoms with Gasteiger partial charge in [-0.2, -0.15) is 0 Å². The molecule has 2 aromatic rings. The van der Waals surface area contributed by atoms with Crippen LogP contribution >= 0.6 is 15.9 Å². The average Bonchev–Trinajstić information content (AvgIpc) is 3.25. The van der Waals surface area contributed by atoms with Gasteiger partial charge in [0.05, 0.1) is 0 Å². The van der Waals surface area contributed by atoms with Crippen LogP contribution in [0.25, 0.3) is 0 Å². The van der Waals surface area contributed by atoms with E-state index in [-0.39, 0.29) is 5.82 Å². The fourth-order valence-corrected chi connectivity index (χ4v) is 2.71. The Bertz CT molecular complexity index is 656. The molecule has 1 N–H and O–H groups in total. The molecule has 5 heteroatoms. The number of benzene rings is 1. The summed E-state index contributed by atoms with van der Waals surface area (Å²) in [7, 11) is 0. The molecular weight excluding hydrogens is 333 g/mol. The number of anilines is 1. The van der Waals surface area contributed by atoms with Gasteiger partial charge in [0.25, 0.3) is 0 Å². The molecule has 0 radical (unpaired) electrons. The van der Waals surface area contributed by atoms with Gasteiger partial charge in [-0.25, -0.2) is 14.4 Å². The molecule has 1 aliphatic carbocycles. The molecule has 0 atom stereocenters. The van der Waals surface area contributed by atoms with E-state index in [1.807, 2.05) is 19.1 Å². The summed E-state index contributed by atoms with van der Waals surface area (Å²) < 4.78 is 13.9. The van der Waals surface area contributed by atoms with Gasteiger partial charge in [-0.1, -0.05) is 6.07 Å². The lowest BCUT2D eigenvalue weighted by Crippen LogP contribution is -2.09. The van der Waals surface area contributed by atoms with Crippen LogP contribution in [0.1, 0.15) is 35.7 Å². The standard InChI is InChI=1S/C16H17BrFN3/c1-10-8-13(18)5-4-11(10)6-7-19-15-9-14(17)20-16(21-15)12-2-3-12/h4-5,8-9,12H,2-3,6-7H2,1H3,(H,19,20,21). The van der Waals surface area contributed by atoms with Crippen LogP contribution in [0.3, 0.4) is 0 Å². The molecule has 21 heavy (non-hydrogen) atoms. The first-order valence-electron chi connectivity index (χ1n) is 7.15. The molecule has 1 fully saturated rings. The first kappa shape index (κ1) is 14.4. The first-order chi connectivity index (χ1) is 10.1. The summed E-state index contributed by atoms with van der Waals surface area (Å²) in [6.45, 7) is 2.70. The number of aryl methyl sites for hydroxylation is 1. The lowest BCUT2D eigenvalue weighted by Gasteiger charge is -2.09. The highest BCUT2D eigenvalue weighted by molar-refractivity contribution is 9.10. The van der Waals surface area contributed by atoms with Crippen molar-refractivity contribution in [3.05, 3.63) is 51.6 Å². The fourth-order valence-electron chi connectivity index (χ4n) is 2.31. The Morgan fingerprint density at radius 1 is 1.29 bits per heavy atom. The van der Waals surface area contributed by atoms with E-state index < -0.39 is 0 Å². The summed E-state index contributed by atoms with van der Waals surface area (Å²) in [5, 5.41) is 3.32. The van der Waals surface area contributed by atoms with E-state index >= 15 is 0 Å². The van der Waals surface area contributed by atoms with Gasteiger partial charge < -0.3 is 5.32 Å². The third-order valence-electron chi connectivity index (χ3n) is 3.66. The highest BCUT2D eigenvalue weighted by Crippen LogP contribution is 2.38. The van der Waals surface area contributed by atoms with Crippen LogP contribution in [-0.2, 0) is 6.42 Å². The Hall–Kier alpha value is -1.49. The molecule has 110 valence electrons. The third-order valence-corrected chi connectivity index (χ3v) is 4.07. The second kappa shape index (κ2) is 6.10. The predicted molar refractivity (Wildman–Crippen MR) is 85.0 cm³/mol. The van der Waals surface area contributed by atoms with Crippen molar-refractivity contribution >= 4 is 21.7 Å². The van der Waals surface area contributed by atoms with E-state index in [0.717, 1.165) is 40.3 Å². The Kier molecular flexibility index (Phi) is 4.19. The maximum absolute atomic E-state index is 13.1. The molecule has 0 bridgehead atoms. The van der Waals surface area contributed by atoms with E-state index in [4.69, 9.17) is 0 Å². The van der Waals surface area contributed by atoms with Crippen LogP contribution < -0.4 is 5.32 Å². The number of nitrogens with zero attached hydrogens (tertiary/aromatic N) is 2. The minimum Gasteiger partial charge on any atom is -0.370 e. The monoisotopic (exact) mass is 349 g/mol. The van der Waals surface area contributed by atoms with Crippen molar-refractivity contribution < 1.29 is 4.39 Å². The average molecular weight is 350 g/mol. The van der Waals surface area contributed by atoms with E-state index in [2.05, 4.69) is 31.2 Å². The minimum absolute atomic E-state index is 0.182. The lowest BCUT2D eigenvalue weighted by atomic mass is 10.1. The fraction of sp³-hybridized carbons (Fsp3) is 0.375. The normalized spacial score (nSPS) is 14.2. The molecule has 3 nitrogen and oxygen atoms in total. The molecule has 0 unspecified atom stereocenters. The quantitative estimate of drug-likeness (QED) is 0.821. The molecule has 1 saturated carbocycles. The molecule has 0 spiro atoms. The summed E-state index contributed by atoms with van der Waals surface area (Å²) >= 11 is 3.43. The lowest BCUT2D eigenvalue weighted by molar-refractivity contribution is 0.625. The van der Waals surface area contributed by atoms with Crippen molar-refractivity contribution in [2.24, 2.45) is 0 Å². The third kappa shape index (κ3) is 3.79. The maximum atomic E-state index is 13.1. The van der Waals surface area contributed by atoms with Crippen LogP contribution in [0.15, 0.2) is 28.9 Å². The minimum atomic E-state index is -0.182. The number of aromatic nitrogens is 2. The maximum Gasteiger partial charge on any atom is 0.135 e. The summed E-state index contributed by atoms with van der Waals surface area (Å²) in [4.78, 5) is 8.96. The molecular formula is C16H17BrFN3. The van der Waals surface area contributed by atoms with Crippen molar-refractivity contribution in [2.45, 2.75) is 32.1 Å². The number of nitrogens with one attached hydrogen (secondary N) is 1. The number of hydrogen-bond donors (Lipinski definition) is 1. The van der Waals surface area contributed by atoms with Gasteiger partial charge in [0.1, 0.15) is 22.1 Å². The highest BCUT2D eigenvalue weighted by Gasteiger charge is 2.27. The summed E-state index contributed by atoms with van der Waals surface area (Å²) in [5.41, 5.74) is 2.14. The van der Waals surface area contributed by atoms with E-state index in [1.165, 1.54) is 18.9 Å². The Balaban J connectivity index is 1.62. The SMILES string of the molecule is Cc1cc(F)ccc1CCNc1cc(Br)nc(C2CC2)n1. The van der Waals surface area contributed by atoms with Gasteiger partial charge >= 0.3 is 0 Å². The Morgan fingerprint density at radius 3 is 2.81 bits per heavy atom. The summed E-state index contributed by atoms with van der Waals surface area (Å²) in [5.74, 6) is 2.11. The van der Waals surface area contributed by atoms with Crippen LogP contribution in [-0.4, -0.2) is 16.5 Å². The van der Waals surface area contributed by atoms with E-state index in [9.17, 15) is 4.39 Å². The zero-order valence-corrected chi connectivity index (χ0v) is 13.5. The van der Waals surface area contributed by atoms with Gasteiger partial charge in [0, 0.05) is 18.5 Å². The number of rotatable bonds is 5. The second-order valence-electron chi connectivity index (χ2n) is 5.46. The van der Waals surface area contributed by atoms with Crippen LogP contribution in [0.5, 0.6) is 0 Å². The molecule has 0 saturated heterocycles. The second-order valence-corrected chi connectivity index (χ2v) is 6.27. The summed E-state index contributed by atoms with van der Waals surface area (Å²) in [6.07, 6.45) is 3.21. The Morgan fingerprint density at radius 2 is 2.10 bits per heavy atom. The number of halogens is 2. The zero-order chi connectivity index (χ0) is 14.8. The van der Waals surface area contributed by atoms with Crippen LogP contribution in [0, 0.1) is 12.7 Å². The van der Waals surface area contributed by atoms with Crippen molar-refractivity contribution in [2.75, 3.05) is 11.9 Å². The van der Waals surface area contributed by atoms with Gasteiger partial charge in [-0.05, 0) is 65.4 Å². The molecule has 3 rings (SSSR count). The zero-order valence-electron chi connectivity index (χ0n) is 11.9. The molecule has 0 amide bonds. The molecule has 1 aromatic carbocycles. The van der Waals surface area contributed by atoms with E-state index in [1.54, 1.807) is 6.07 Å². The smallest absolute Gasteiger partial charge is 0.135 e. The predicted octanol–water partition coefficient (Wildman–Crippen LogP) is 4.22. The van der Waals surface area contributed by atoms with Crippen LogP contribution in [0.2, 0.25) is 0 Å². The van der Waals surface area contributed by atoms with Gasteiger partial charge in [-0.3, -0.25) is 0 Å². The van der Waals surface area contributed by atoms with Crippen LogP contribution in [0.4, 0.5) is 10.2 Å². The van der Waals surface area contributed by atoms with Crippen molar-refractivity contribution in [1.29, 1.82) is 0 Å².